The number of nitrogens with zero attached hydrogens (tertiary/aromatic N) is 3. The summed E-state index contributed by atoms with van der Waals surface area (Å²) in [4.78, 5) is 27.3. The van der Waals surface area contributed by atoms with Gasteiger partial charge in [-0.15, -0.1) is 10.2 Å². The summed E-state index contributed by atoms with van der Waals surface area (Å²) in [6.07, 6.45) is 9.11. The van der Waals surface area contributed by atoms with E-state index in [4.69, 9.17) is 0 Å². The molecule has 1 aromatic carbocycles. The first-order valence-corrected chi connectivity index (χ1v) is 13.0. The van der Waals surface area contributed by atoms with Crippen molar-refractivity contribution in [3.8, 4) is 0 Å². The lowest BCUT2D eigenvalue weighted by atomic mass is 9.50. The molecule has 5 aliphatic rings. The number of carbonyl (C=O) groups is 2. The summed E-state index contributed by atoms with van der Waals surface area (Å²) in [5.74, 6) is 1.90. The van der Waals surface area contributed by atoms with E-state index in [9.17, 15) is 14.0 Å². The molecule has 0 atom stereocenters. The minimum atomic E-state index is -0.357. The first kappa shape index (κ1) is 21.2. The van der Waals surface area contributed by atoms with Gasteiger partial charge in [0, 0.05) is 30.0 Å². The first-order chi connectivity index (χ1) is 16.0. The second kappa shape index (κ2) is 8.15. The lowest BCUT2D eigenvalue weighted by Gasteiger charge is -2.55. The Hall–Kier alpha value is -2.35. The van der Waals surface area contributed by atoms with Crippen LogP contribution >= 0.6 is 11.3 Å². The third-order valence-corrected chi connectivity index (χ3v) is 9.48. The number of anilines is 1. The van der Waals surface area contributed by atoms with E-state index in [2.05, 4.69) is 15.5 Å². The van der Waals surface area contributed by atoms with Crippen molar-refractivity contribution in [3.63, 3.8) is 0 Å². The zero-order valence-corrected chi connectivity index (χ0v) is 19.5. The molecule has 8 heteroatoms. The Labute approximate surface area is 197 Å². The average Bonchev–Trinajstić information content (AvgIpc) is 3.28. The summed E-state index contributed by atoms with van der Waals surface area (Å²) in [6.45, 7) is 1.03. The van der Waals surface area contributed by atoms with E-state index < -0.39 is 0 Å². The largest absolute Gasteiger partial charge is 0.339 e. The molecule has 5 fully saturated rings. The average molecular weight is 469 g/mol. The molecule has 33 heavy (non-hydrogen) atoms. The molecule has 2 heterocycles. The SMILES string of the molecule is O=C(Nc1nnc(C23CC4CC(CC(C4)C2)C3)s1)C1CCN(C(=O)c2ccc(F)cc2)CC1. The summed E-state index contributed by atoms with van der Waals surface area (Å²) in [5, 5.41) is 13.6. The van der Waals surface area contributed by atoms with Crippen LogP contribution in [0.15, 0.2) is 24.3 Å². The van der Waals surface area contributed by atoms with Crippen molar-refractivity contribution in [1.29, 1.82) is 0 Å². The molecule has 1 aliphatic heterocycles. The van der Waals surface area contributed by atoms with Gasteiger partial charge in [-0.05, 0) is 93.4 Å². The number of aromatic nitrogens is 2. The second-order valence-electron chi connectivity index (χ2n) is 10.7. The number of nitrogens with one attached hydrogen (secondary N) is 1. The summed E-state index contributed by atoms with van der Waals surface area (Å²) >= 11 is 1.57. The Balaban J connectivity index is 1.06. The maximum absolute atomic E-state index is 13.1. The van der Waals surface area contributed by atoms with Gasteiger partial charge in [0.15, 0.2) is 0 Å². The predicted octanol–water partition coefficient (Wildman–Crippen LogP) is 4.64. The molecule has 1 aromatic heterocycles. The van der Waals surface area contributed by atoms with Gasteiger partial charge in [0.05, 0.1) is 0 Å². The molecular weight excluding hydrogens is 439 g/mol. The molecule has 4 bridgehead atoms. The van der Waals surface area contributed by atoms with Crippen LogP contribution in [0.1, 0.15) is 66.7 Å². The van der Waals surface area contributed by atoms with Gasteiger partial charge in [0.1, 0.15) is 10.8 Å². The topological polar surface area (TPSA) is 75.2 Å². The minimum Gasteiger partial charge on any atom is -0.339 e. The van der Waals surface area contributed by atoms with Crippen molar-refractivity contribution in [2.24, 2.45) is 23.7 Å². The Bertz CT molecular complexity index is 1030. The van der Waals surface area contributed by atoms with Crippen molar-refractivity contribution in [2.75, 3.05) is 18.4 Å². The minimum absolute atomic E-state index is 0.0305. The number of likely N-dealkylation sites (tertiary alicyclic amines) is 1. The zero-order valence-electron chi connectivity index (χ0n) is 18.6. The summed E-state index contributed by atoms with van der Waals surface area (Å²) < 4.78 is 13.1. The Morgan fingerprint density at radius 1 is 0.970 bits per heavy atom. The number of hydrogen-bond acceptors (Lipinski definition) is 5. The number of amides is 2. The van der Waals surface area contributed by atoms with Gasteiger partial charge in [-0.2, -0.15) is 0 Å². The fourth-order valence-corrected chi connectivity index (χ4v) is 8.15. The summed E-state index contributed by atoms with van der Waals surface area (Å²) in [6, 6.07) is 5.61. The lowest BCUT2D eigenvalue weighted by Crippen LogP contribution is -2.48. The van der Waals surface area contributed by atoms with Crippen molar-refractivity contribution in [1.82, 2.24) is 15.1 Å². The highest BCUT2D eigenvalue weighted by Crippen LogP contribution is 2.61. The van der Waals surface area contributed by atoms with Gasteiger partial charge in [-0.25, -0.2) is 4.39 Å². The molecule has 174 valence electrons. The molecule has 1 N–H and O–H groups in total. The Kier molecular flexibility index (Phi) is 5.24. The first-order valence-electron chi connectivity index (χ1n) is 12.2. The van der Waals surface area contributed by atoms with Crippen LogP contribution in [0.5, 0.6) is 0 Å². The van der Waals surface area contributed by atoms with E-state index in [1.807, 2.05) is 0 Å². The fourth-order valence-electron chi connectivity index (χ4n) is 7.19. The van der Waals surface area contributed by atoms with Crippen molar-refractivity contribution in [2.45, 2.75) is 56.8 Å². The van der Waals surface area contributed by atoms with E-state index in [1.165, 1.54) is 62.8 Å². The summed E-state index contributed by atoms with van der Waals surface area (Å²) in [7, 11) is 0. The van der Waals surface area contributed by atoms with Crippen molar-refractivity contribution in [3.05, 3.63) is 40.7 Å². The lowest BCUT2D eigenvalue weighted by molar-refractivity contribution is -0.121. The number of carbonyl (C=O) groups excluding carboxylic acids is 2. The Morgan fingerprint density at radius 2 is 1.58 bits per heavy atom. The molecule has 2 aromatic rings. The van der Waals surface area contributed by atoms with Crippen LogP contribution < -0.4 is 5.32 Å². The zero-order chi connectivity index (χ0) is 22.6. The van der Waals surface area contributed by atoms with Crippen LogP contribution in [0.2, 0.25) is 0 Å². The summed E-state index contributed by atoms with van der Waals surface area (Å²) in [5.41, 5.74) is 0.673. The number of hydrogen-bond donors (Lipinski definition) is 1. The molecule has 4 saturated carbocycles. The maximum atomic E-state index is 13.1. The van der Waals surface area contributed by atoms with Gasteiger partial charge in [-0.1, -0.05) is 11.3 Å². The van der Waals surface area contributed by atoms with Gasteiger partial charge in [0.25, 0.3) is 5.91 Å². The number of rotatable bonds is 4. The quantitative estimate of drug-likeness (QED) is 0.710. The van der Waals surface area contributed by atoms with E-state index in [0.29, 0.717) is 36.6 Å². The van der Waals surface area contributed by atoms with E-state index in [-0.39, 0.29) is 29.0 Å². The van der Waals surface area contributed by atoms with Gasteiger partial charge in [0.2, 0.25) is 11.0 Å². The van der Waals surface area contributed by atoms with Crippen LogP contribution in [-0.4, -0.2) is 40.0 Å². The van der Waals surface area contributed by atoms with Crippen LogP contribution in [0.25, 0.3) is 0 Å². The van der Waals surface area contributed by atoms with Crippen molar-refractivity contribution >= 4 is 28.3 Å². The highest BCUT2D eigenvalue weighted by Gasteiger charge is 2.53. The molecule has 2 amide bonds. The van der Waals surface area contributed by atoms with E-state index in [1.54, 1.807) is 16.2 Å². The monoisotopic (exact) mass is 468 g/mol. The fraction of sp³-hybridized carbons (Fsp3) is 0.600. The third-order valence-electron chi connectivity index (χ3n) is 8.39. The maximum Gasteiger partial charge on any atom is 0.253 e. The number of halogens is 1. The normalized spacial score (nSPS) is 31.1. The third kappa shape index (κ3) is 3.96. The molecule has 0 spiro atoms. The van der Waals surface area contributed by atoms with E-state index >= 15 is 0 Å². The Morgan fingerprint density at radius 3 is 2.18 bits per heavy atom. The smallest absolute Gasteiger partial charge is 0.253 e. The molecule has 6 nitrogen and oxygen atoms in total. The van der Waals surface area contributed by atoms with Gasteiger partial charge < -0.3 is 10.2 Å². The molecular formula is C25H29FN4O2S. The van der Waals surface area contributed by atoms with Gasteiger partial charge in [-0.3, -0.25) is 9.59 Å². The highest BCUT2D eigenvalue weighted by molar-refractivity contribution is 7.15. The molecule has 7 rings (SSSR count). The molecule has 4 aliphatic carbocycles. The second-order valence-corrected chi connectivity index (χ2v) is 11.7. The van der Waals surface area contributed by atoms with Gasteiger partial charge >= 0.3 is 0 Å². The van der Waals surface area contributed by atoms with Crippen LogP contribution in [0.3, 0.4) is 0 Å². The van der Waals surface area contributed by atoms with Crippen molar-refractivity contribution < 1.29 is 14.0 Å². The number of benzene rings is 1. The molecule has 0 radical (unpaired) electrons. The number of piperidine rings is 1. The predicted molar refractivity (Wildman–Crippen MR) is 123 cm³/mol. The van der Waals surface area contributed by atoms with Crippen LogP contribution in [-0.2, 0) is 10.2 Å². The standard InChI is InChI=1S/C25H29FN4O2S/c26-20-3-1-19(2-4-20)22(32)30-7-5-18(6-8-30)21(31)27-24-29-28-23(33-24)25-12-15-9-16(13-25)11-17(10-15)14-25/h1-4,15-18H,5-14H2,(H,27,29,31). The molecule has 1 saturated heterocycles. The molecule has 0 unspecified atom stereocenters. The van der Waals surface area contributed by atoms with E-state index in [0.717, 1.165) is 22.8 Å². The van der Waals surface area contributed by atoms with Crippen LogP contribution in [0, 0.1) is 29.5 Å². The van der Waals surface area contributed by atoms with Crippen LogP contribution in [0.4, 0.5) is 9.52 Å². The highest BCUT2D eigenvalue weighted by atomic mass is 32.1.